The summed E-state index contributed by atoms with van der Waals surface area (Å²) in [5.41, 5.74) is 1.05. The van der Waals surface area contributed by atoms with Crippen LogP contribution < -0.4 is 10.1 Å². The fraction of sp³-hybridized carbons (Fsp3) is 0.579. The van der Waals surface area contributed by atoms with Gasteiger partial charge in [-0.1, -0.05) is 17.7 Å². The smallest absolute Gasteiger partial charge is 0.310 e. The number of nitrogens with one attached hydrogen (secondary N) is 1. The molecule has 1 atom stereocenters. The van der Waals surface area contributed by atoms with E-state index in [2.05, 4.69) is 15.2 Å². The predicted octanol–water partition coefficient (Wildman–Crippen LogP) is 2.74. The maximum Gasteiger partial charge on any atom is 0.310 e. The Morgan fingerprint density at radius 2 is 2.27 bits per heavy atom. The third-order valence-corrected chi connectivity index (χ3v) is 4.84. The van der Waals surface area contributed by atoms with Crippen molar-refractivity contribution in [3.05, 3.63) is 28.8 Å². The second-order valence-electron chi connectivity index (χ2n) is 6.22. The van der Waals surface area contributed by atoms with Crippen molar-refractivity contribution in [3.63, 3.8) is 0 Å². The number of carbonyl (C=O) groups excluding carboxylic acids is 1. The van der Waals surface area contributed by atoms with Crippen molar-refractivity contribution in [2.45, 2.75) is 26.2 Å². The molecule has 1 aliphatic heterocycles. The Labute approximate surface area is 160 Å². The molecular formula is C19H28ClN3O3. The molecule has 26 heavy (non-hydrogen) atoms. The minimum absolute atomic E-state index is 0.0849. The number of hydrogen-bond acceptors (Lipinski definition) is 4. The van der Waals surface area contributed by atoms with E-state index in [1.54, 1.807) is 14.2 Å². The first kappa shape index (κ1) is 20.4. The van der Waals surface area contributed by atoms with E-state index >= 15 is 0 Å². The highest BCUT2D eigenvalue weighted by Crippen LogP contribution is 2.22. The van der Waals surface area contributed by atoms with Crippen molar-refractivity contribution in [1.82, 2.24) is 10.2 Å². The SMILES string of the molecule is CCOC(=O)C1CCCN(C(=NC)NCCc2ccc(OC)cc2Cl)C1. The van der Waals surface area contributed by atoms with Gasteiger partial charge in [0.15, 0.2) is 5.96 Å². The maximum absolute atomic E-state index is 12.0. The first-order valence-corrected chi connectivity index (χ1v) is 9.41. The molecule has 1 saturated heterocycles. The number of guanidine groups is 1. The van der Waals surface area contributed by atoms with E-state index in [1.807, 2.05) is 25.1 Å². The molecule has 2 rings (SSSR count). The van der Waals surface area contributed by atoms with Gasteiger partial charge in [0.2, 0.25) is 0 Å². The summed E-state index contributed by atoms with van der Waals surface area (Å²) < 4.78 is 10.3. The van der Waals surface area contributed by atoms with E-state index in [9.17, 15) is 4.79 Å². The molecule has 0 saturated carbocycles. The third-order valence-electron chi connectivity index (χ3n) is 4.49. The molecule has 1 fully saturated rings. The quantitative estimate of drug-likeness (QED) is 0.466. The van der Waals surface area contributed by atoms with Gasteiger partial charge in [0, 0.05) is 31.7 Å². The van der Waals surface area contributed by atoms with Crippen LogP contribution in [-0.4, -0.2) is 57.2 Å². The van der Waals surface area contributed by atoms with Crippen molar-refractivity contribution in [2.24, 2.45) is 10.9 Å². The number of esters is 1. The van der Waals surface area contributed by atoms with Crippen LogP contribution in [0.3, 0.4) is 0 Å². The van der Waals surface area contributed by atoms with Crippen molar-refractivity contribution < 1.29 is 14.3 Å². The average Bonchev–Trinajstić information content (AvgIpc) is 2.66. The number of likely N-dealkylation sites (tertiary alicyclic amines) is 1. The topological polar surface area (TPSA) is 63.2 Å². The third kappa shape index (κ3) is 5.53. The highest BCUT2D eigenvalue weighted by atomic mass is 35.5. The van der Waals surface area contributed by atoms with Crippen LogP contribution in [0, 0.1) is 5.92 Å². The van der Waals surface area contributed by atoms with Crippen LogP contribution in [0.25, 0.3) is 0 Å². The Kier molecular flexibility index (Phi) is 8.04. The molecule has 0 aliphatic carbocycles. The molecule has 1 N–H and O–H groups in total. The molecule has 144 valence electrons. The van der Waals surface area contributed by atoms with Crippen LogP contribution in [0.15, 0.2) is 23.2 Å². The monoisotopic (exact) mass is 381 g/mol. The number of halogens is 1. The molecular weight excluding hydrogens is 354 g/mol. The lowest BCUT2D eigenvalue weighted by Gasteiger charge is -2.34. The summed E-state index contributed by atoms with van der Waals surface area (Å²) in [5, 5.41) is 4.06. The molecule has 7 heteroatoms. The summed E-state index contributed by atoms with van der Waals surface area (Å²) in [6.45, 7) is 4.49. The number of piperidine rings is 1. The molecule has 0 aromatic heterocycles. The normalized spacial score (nSPS) is 17.8. The van der Waals surface area contributed by atoms with Gasteiger partial charge in [-0.3, -0.25) is 9.79 Å². The standard InChI is InChI=1S/C19H28ClN3O3/c1-4-26-18(24)15-6-5-11-23(13-15)19(21-2)22-10-9-14-7-8-16(25-3)12-17(14)20/h7-8,12,15H,4-6,9-11,13H2,1-3H3,(H,21,22). The van der Waals surface area contributed by atoms with E-state index < -0.39 is 0 Å². The zero-order valence-corrected chi connectivity index (χ0v) is 16.5. The lowest BCUT2D eigenvalue weighted by Crippen LogP contribution is -2.48. The molecule has 0 spiro atoms. The van der Waals surface area contributed by atoms with Crippen LogP contribution in [0.1, 0.15) is 25.3 Å². The molecule has 0 radical (unpaired) electrons. The minimum atomic E-state index is -0.113. The number of ether oxygens (including phenoxy) is 2. The van der Waals surface area contributed by atoms with Gasteiger partial charge in [0.1, 0.15) is 5.75 Å². The number of nitrogens with zero attached hydrogens (tertiary/aromatic N) is 2. The van der Waals surface area contributed by atoms with E-state index in [-0.39, 0.29) is 11.9 Å². The van der Waals surface area contributed by atoms with E-state index in [0.29, 0.717) is 24.7 Å². The number of hydrogen-bond donors (Lipinski definition) is 1. The van der Waals surface area contributed by atoms with Crippen molar-refractivity contribution in [2.75, 3.05) is 40.4 Å². The zero-order chi connectivity index (χ0) is 18.9. The second-order valence-corrected chi connectivity index (χ2v) is 6.63. The maximum atomic E-state index is 12.0. The molecule has 1 aromatic carbocycles. The molecule has 0 bridgehead atoms. The van der Waals surface area contributed by atoms with Gasteiger partial charge in [-0.2, -0.15) is 0 Å². The molecule has 1 aromatic rings. The Morgan fingerprint density at radius 3 is 2.92 bits per heavy atom. The Balaban J connectivity index is 1.88. The average molecular weight is 382 g/mol. The highest BCUT2D eigenvalue weighted by Gasteiger charge is 2.28. The van der Waals surface area contributed by atoms with E-state index in [4.69, 9.17) is 21.1 Å². The summed E-state index contributed by atoms with van der Waals surface area (Å²) in [7, 11) is 3.38. The van der Waals surface area contributed by atoms with Gasteiger partial charge in [-0.05, 0) is 43.9 Å². The summed E-state index contributed by atoms with van der Waals surface area (Å²) in [4.78, 5) is 18.5. The molecule has 0 amide bonds. The number of carbonyl (C=O) groups is 1. The molecule has 1 heterocycles. The van der Waals surface area contributed by atoms with E-state index in [0.717, 1.165) is 43.1 Å². The van der Waals surface area contributed by atoms with Gasteiger partial charge in [0.25, 0.3) is 0 Å². The van der Waals surface area contributed by atoms with Crippen molar-refractivity contribution in [3.8, 4) is 5.75 Å². The first-order valence-electron chi connectivity index (χ1n) is 9.03. The van der Waals surface area contributed by atoms with Crippen LogP contribution >= 0.6 is 11.6 Å². The van der Waals surface area contributed by atoms with Gasteiger partial charge >= 0.3 is 5.97 Å². The van der Waals surface area contributed by atoms with Crippen molar-refractivity contribution >= 4 is 23.5 Å². The van der Waals surface area contributed by atoms with Gasteiger partial charge in [-0.25, -0.2) is 0 Å². The second kappa shape index (κ2) is 10.3. The number of rotatable bonds is 6. The summed E-state index contributed by atoms with van der Waals surface area (Å²) in [6, 6.07) is 5.70. The van der Waals surface area contributed by atoms with Gasteiger partial charge in [-0.15, -0.1) is 0 Å². The summed E-state index contributed by atoms with van der Waals surface area (Å²) in [6.07, 6.45) is 2.60. The lowest BCUT2D eigenvalue weighted by molar-refractivity contribution is -0.149. The van der Waals surface area contributed by atoms with E-state index in [1.165, 1.54) is 0 Å². The Bertz CT molecular complexity index is 636. The van der Waals surface area contributed by atoms with Crippen molar-refractivity contribution in [1.29, 1.82) is 0 Å². The fourth-order valence-corrected chi connectivity index (χ4v) is 3.39. The van der Waals surface area contributed by atoms with Crippen LogP contribution in [0.4, 0.5) is 0 Å². The fourth-order valence-electron chi connectivity index (χ4n) is 3.12. The largest absolute Gasteiger partial charge is 0.497 e. The number of methoxy groups -OCH3 is 1. The number of benzene rings is 1. The van der Waals surface area contributed by atoms with Crippen LogP contribution in [-0.2, 0) is 16.0 Å². The molecule has 6 nitrogen and oxygen atoms in total. The van der Waals surface area contributed by atoms with Crippen LogP contribution in [0.2, 0.25) is 5.02 Å². The van der Waals surface area contributed by atoms with Gasteiger partial charge < -0.3 is 19.7 Å². The lowest BCUT2D eigenvalue weighted by atomic mass is 9.98. The molecule has 1 unspecified atom stereocenters. The van der Waals surface area contributed by atoms with Crippen LogP contribution in [0.5, 0.6) is 5.75 Å². The molecule has 1 aliphatic rings. The Hall–Kier alpha value is -1.95. The zero-order valence-electron chi connectivity index (χ0n) is 15.8. The summed E-state index contributed by atoms with van der Waals surface area (Å²) >= 11 is 6.29. The number of aliphatic imine (C=N–C) groups is 1. The Morgan fingerprint density at radius 1 is 1.46 bits per heavy atom. The predicted molar refractivity (Wildman–Crippen MR) is 104 cm³/mol. The first-order chi connectivity index (χ1) is 12.6. The summed E-state index contributed by atoms with van der Waals surface area (Å²) in [5.74, 6) is 1.36. The van der Waals surface area contributed by atoms with Gasteiger partial charge in [0.05, 0.1) is 19.6 Å². The minimum Gasteiger partial charge on any atom is -0.497 e. The highest BCUT2D eigenvalue weighted by molar-refractivity contribution is 6.31.